The number of aromatic nitrogens is 4. The van der Waals surface area contributed by atoms with Crippen molar-refractivity contribution in [1.29, 1.82) is 0 Å². The molecule has 4 aromatic rings. The second kappa shape index (κ2) is 7.47. The molecule has 0 aliphatic carbocycles. The summed E-state index contributed by atoms with van der Waals surface area (Å²) in [5.74, 6) is 0.400. The molecule has 1 aromatic carbocycles. The van der Waals surface area contributed by atoms with E-state index in [1.165, 1.54) is 34.0 Å². The molecule has 0 bridgehead atoms. The lowest BCUT2D eigenvalue weighted by Gasteiger charge is -2.23. The molecule has 0 saturated carbocycles. The van der Waals surface area contributed by atoms with E-state index in [0.29, 0.717) is 5.92 Å². The fraction of sp³-hybridized carbons (Fsp3) is 0.400. The molecule has 0 amide bonds. The number of rotatable bonds is 3. The SMILES string of the molecule is Cc1cc(-c2c(C(C)C)[n+](C)cc3cc4c(cnn4C4CCCCO4)cc23)ccn1. The summed E-state index contributed by atoms with van der Waals surface area (Å²) in [5.41, 5.74) is 6.01. The van der Waals surface area contributed by atoms with E-state index in [2.05, 4.69) is 72.5 Å². The van der Waals surface area contributed by atoms with Gasteiger partial charge >= 0.3 is 0 Å². The van der Waals surface area contributed by atoms with Crippen molar-refractivity contribution in [2.75, 3.05) is 6.61 Å². The summed E-state index contributed by atoms with van der Waals surface area (Å²) in [6.45, 7) is 7.39. The Morgan fingerprint density at radius 2 is 2.03 bits per heavy atom. The van der Waals surface area contributed by atoms with E-state index in [1.807, 2.05) is 12.4 Å². The van der Waals surface area contributed by atoms with Gasteiger partial charge in [0.05, 0.1) is 17.3 Å². The van der Waals surface area contributed by atoms with Crippen LogP contribution in [0.3, 0.4) is 0 Å². The van der Waals surface area contributed by atoms with E-state index in [4.69, 9.17) is 9.84 Å². The van der Waals surface area contributed by atoms with E-state index in [0.717, 1.165) is 36.0 Å². The van der Waals surface area contributed by atoms with Crippen molar-refractivity contribution in [2.45, 2.75) is 52.2 Å². The van der Waals surface area contributed by atoms with Crippen molar-refractivity contribution >= 4 is 21.7 Å². The van der Waals surface area contributed by atoms with Gasteiger partial charge in [0, 0.05) is 40.6 Å². The van der Waals surface area contributed by atoms with Crippen LogP contribution < -0.4 is 4.57 Å². The molecule has 1 atom stereocenters. The van der Waals surface area contributed by atoms with Gasteiger partial charge in [0.25, 0.3) is 0 Å². The zero-order chi connectivity index (χ0) is 20.8. The summed E-state index contributed by atoms with van der Waals surface area (Å²) < 4.78 is 10.4. The third-order valence-corrected chi connectivity index (χ3v) is 6.17. The van der Waals surface area contributed by atoms with Crippen molar-refractivity contribution in [3.63, 3.8) is 0 Å². The van der Waals surface area contributed by atoms with Crippen molar-refractivity contribution in [2.24, 2.45) is 7.05 Å². The first-order chi connectivity index (χ1) is 14.5. The minimum atomic E-state index is 0.0414. The maximum Gasteiger partial charge on any atom is 0.192 e. The maximum absolute atomic E-state index is 6.01. The van der Waals surface area contributed by atoms with Gasteiger partial charge in [-0.3, -0.25) is 4.98 Å². The number of fused-ring (bicyclic) bond motifs is 2. The van der Waals surface area contributed by atoms with Gasteiger partial charge in [-0.25, -0.2) is 9.25 Å². The third kappa shape index (κ3) is 3.18. The number of ether oxygens (including phenoxy) is 1. The van der Waals surface area contributed by atoms with Crippen LogP contribution in [-0.4, -0.2) is 21.4 Å². The minimum absolute atomic E-state index is 0.0414. The Morgan fingerprint density at radius 3 is 2.77 bits per heavy atom. The normalized spacial score (nSPS) is 17.3. The van der Waals surface area contributed by atoms with Crippen molar-refractivity contribution in [1.82, 2.24) is 14.8 Å². The summed E-state index contributed by atoms with van der Waals surface area (Å²) in [4.78, 5) is 4.41. The maximum atomic E-state index is 6.01. The molecule has 1 aliphatic heterocycles. The average molecular weight is 402 g/mol. The summed E-state index contributed by atoms with van der Waals surface area (Å²) in [7, 11) is 2.15. The molecule has 1 saturated heterocycles. The van der Waals surface area contributed by atoms with Gasteiger partial charge in [-0.1, -0.05) is 13.8 Å². The lowest BCUT2D eigenvalue weighted by Crippen LogP contribution is -2.34. The van der Waals surface area contributed by atoms with E-state index >= 15 is 0 Å². The highest BCUT2D eigenvalue weighted by Crippen LogP contribution is 2.36. The van der Waals surface area contributed by atoms with Crippen molar-refractivity contribution in [3.8, 4) is 11.1 Å². The molecule has 3 aromatic heterocycles. The molecular formula is C25H29N4O+. The second-order valence-corrected chi connectivity index (χ2v) is 8.75. The van der Waals surface area contributed by atoms with Crippen molar-refractivity contribution < 1.29 is 9.30 Å². The first-order valence-corrected chi connectivity index (χ1v) is 10.9. The van der Waals surface area contributed by atoms with E-state index < -0.39 is 0 Å². The van der Waals surface area contributed by atoms with Crippen LogP contribution in [0.25, 0.3) is 32.8 Å². The Bertz CT molecular complexity index is 1240. The fourth-order valence-electron chi connectivity index (χ4n) is 4.87. The van der Waals surface area contributed by atoms with Gasteiger partial charge in [-0.2, -0.15) is 5.10 Å². The molecule has 30 heavy (non-hydrogen) atoms. The van der Waals surface area contributed by atoms with Crippen LogP contribution in [0.5, 0.6) is 0 Å². The Hall–Kier alpha value is -2.79. The van der Waals surface area contributed by atoms with Gasteiger partial charge < -0.3 is 4.74 Å². The highest BCUT2D eigenvalue weighted by molar-refractivity contribution is 6.04. The topological polar surface area (TPSA) is 43.8 Å². The van der Waals surface area contributed by atoms with Gasteiger partial charge in [-0.05, 0) is 56.0 Å². The van der Waals surface area contributed by atoms with Crippen molar-refractivity contribution in [3.05, 3.63) is 54.2 Å². The van der Waals surface area contributed by atoms with E-state index in [1.54, 1.807) is 0 Å². The molecule has 5 rings (SSSR count). The van der Waals surface area contributed by atoms with Gasteiger partial charge in [0.15, 0.2) is 18.1 Å². The summed E-state index contributed by atoms with van der Waals surface area (Å²) >= 11 is 0. The lowest BCUT2D eigenvalue weighted by atomic mass is 9.92. The molecule has 0 N–H and O–H groups in total. The van der Waals surface area contributed by atoms with Crippen LogP contribution >= 0.6 is 0 Å². The molecule has 0 spiro atoms. The molecular weight excluding hydrogens is 372 g/mol. The Labute approximate surface area is 177 Å². The predicted octanol–water partition coefficient (Wildman–Crippen LogP) is 5.21. The number of aryl methyl sites for hydroxylation is 2. The monoisotopic (exact) mass is 401 g/mol. The zero-order valence-corrected chi connectivity index (χ0v) is 18.2. The standard InChI is InChI=1S/C25H29N4O/c1-16(2)25-24(18-8-9-26-17(3)11-18)21-12-19-14-27-29(23-7-5-6-10-30-23)22(19)13-20(21)15-28(25)4/h8-9,11-16,23H,5-7,10H2,1-4H3/q+1. The molecule has 0 radical (unpaired) electrons. The highest BCUT2D eigenvalue weighted by Gasteiger charge is 2.25. The smallest absolute Gasteiger partial charge is 0.192 e. The number of pyridine rings is 2. The number of nitrogens with zero attached hydrogens (tertiary/aromatic N) is 4. The van der Waals surface area contributed by atoms with Crippen LogP contribution in [-0.2, 0) is 11.8 Å². The van der Waals surface area contributed by atoms with Crippen LogP contribution in [0, 0.1) is 6.92 Å². The number of benzene rings is 1. The summed E-state index contributed by atoms with van der Waals surface area (Å²) in [6, 6.07) is 8.88. The lowest BCUT2D eigenvalue weighted by molar-refractivity contribution is -0.678. The largest absolute Gasteiger partial charge is 0.356 e. The molecule has 154 valence electrons. The fourth-order valence-corrected chi connectivity index (χ4v) is 4.87. The van der Waals surface area contributed by atoms with Crippen LogP contribution in [0.15, 0.2) is 42.9 Å². The average Bonchev–Trinajstić information content (AvgIpc) is 3.14. The third-order valence-electron chi connectivity index (χ3n) is 6.17. The first-order valence-electron chi connectivity index (χ1n) is 10.9. The van der Waals surface area contributed by atoms with Crippen LogP contribution in [0.4, 0.5) is 0 Å². The minimum Gasteiger partial charge on any atom is -0.356 e. The zero-order valence-electron chi connectivity index (χ0n) is 18.2. The molecule has 1 unspecified atom stereocenters. The Kier molecular flexibility index (Phi) is 4.78. The molecule has 5 nitrogen and oxygen atoms in total. The molecule has 5 heteroatoms. The van der Waals surface area contributed by atoms with Crippen LogP contribution in [0.2, 0.25) is 0 Å². The second-order valence-electron chi connectivity index (χ2n) is 8.75. The highest BCUT2D eigenvalue weighted by atomic mass is 16.5. The molecule has 1 aliphatic rings. The van der Waals surface area contributed by atoms with E-state index in [-0.39, 0.29) is 6.23 Å². The van der Waals surface area contributed by atoms with Gasteiger partial charge in [0.1, 0.15) is 7.05 Å². The Balaban J connectivity index is 1.79. The molecule has 4 heterocycles. The van der Waals surface area contributed by atoms with Gasteiger partial charge in [0.2, 0.25) is 0 Å². The predicted molar refractivity (Wildman–Crippen MR) is 119 cm³/mol. The van der Waals surface area contributed by atoms with Gasteiger partial charge in [-0.15, -0.1) is 0 Å². The molecule has 1 fully saturated rings. The number of hydrogen-bond donors (Lipinski definition) is 0. The van der Waals surface area contributed by atoms with Crippen LogP contribution in [0.1, 0.15) is 56.6 Å². The Morgan fingerprint density at radius 1 is 1.17 bits per heavy atom. The number of hydrogen-bond acceptors (Lipinski definition) is 3. The summed E-state index contributed by atoms with van der Waals surface area (Å²) in [5, 5.41) is 8.35. The quantitative estimate of drug-likeness (QED) is 0.443. The van der Waals surface area contributed by atoms with E-state index in [9.17, 15) is 0 Å². The summed E-state index contributed by atoms with van der Waals surface area (Å²) in [6.07, 6.45) is 9.54. The first kappa shape index (κ1) is 19.2.